The second-order valence-electron chi connectivity index (χ2n) is 7.38. The molecule has 0 unspecified atom stereocenters. The van der Waals surface area contributed by atoms with Gasteiger partial charge in [0.25, 0.3) is 0 Å². The molecule has 6 nitrogen and oxygen atoms in total. The largest absolute Gasteiger partial charge is 0.534 e. The lowest BCUT2D eigenvalue weighted by Crippen LogP contribution is -2.44. The Labute approximate surface area is 167 Å². The fraction of sp³-hybridized carbons (Fsp3) is 0.526. The fourth-order valence-corrected chi connectivity index (χ4v) is 4.14. The monoisotopic (exact) mass is 433 g/mol. The third kappa shape index (κ3) is 5.23. The van der Waals surface area contributed by atoms with Crippen molar-refractivity contribution >= 4 is 16.2 Å². The van der Waals surface area contributed by atoms with Crippen molar-refractivity contribution < 1.29 is 35.3 Å². The molecule has 10 heteroatoms. The summed E-state index contributed by atoms with van der Waals surface area (Å²) in [5.41, 5.74) is -4.70. The number of likely N-dealkylation sites (tertiary alicyclic amines) is 1. The number of halogens is 3. The van der Waals surface area contributed by atoms with Crippen LogP contribution < -0.4 is 0 Å². The Morgan fingerprint density at radius 3 is 2.31 bits per heavy atom. The number of hydrogen-bond donors (Lipinski definition) is 0. The molecule has 0 atom stereocenters. The molecule has 2 aliphatic rings. The summed E-state index contributed by atoms with van der Waals surface area (Å²) in [6.07, 6.45) is 3.42. The minimum absolute atomic E-state index is 0.119. The van der Waals surface area contributed by atoms with Gasteiger partial charge in [0.2, 0.25) is 0 Å². The summed E-state index contributed by atoms with van der Waals surface area (Å²) < 4.78 is 69.1. The normalized spacial score (nSPS) is 19.6. The molecule has 1 aliphatic heterocycles. The van der Waals surface area contributed by atoms with Crippen molar-refractivity contribution in [2.24, 2.45) is 5.41 Å². The number of piperidine rings is 1. The molecule has 1 aromatic carbocycles. The summed E-state index contributed by atoms with van der Waals surface area (Å²) in [5, 5.41) is 0. The van der Waals surface area contributed by atoms with Gasteiger partial charge in [-0.25, -0.2) is 4.79 Å². The van der Waals surface area contributed by atoms with E-state index in [4.69, 9.17) is 4.74 Å². The summed E-state index contributed by atoms with van der Waals surface area (Å²) in [6.45, 7) is 1.16. The topological polar surface area (TPSA) is 72.9 Å². The molecular formula is C19H22F3NO5S. The van der Waals surface area contributed by atoms with E-state index in [1.54, 1.807) is 4.90 Å². The molecule has 1 spiro atoms. The maximum absolute atomic E-state index is 12.4. The third-order valence-electron chi connectivity index (χ3n) is 5.45. The highest BCUT2D eigenvalue weighted by Gasteiger charge is 2.49. The van der Waals surface area contributed by atoms with Gasteiger partial charge in [0.15, 0.2) is 0 Å². The van der Waals surface area contributed by atoms with Gasteiger partial charge in [0.05, 0.1) is 0 Å². The van der Waals surface area contributed by atoms with E-state index in [1.165, 1.54) is 6.08 Å². The van der Waals surface area contributed by atoms with Crippen LogP contribution in [0.3, 0.4) is 0 Å². The number of ether oxygens (including phenoxy) is 1. The number of allylic oxidation sites excluding steroid dienone is 2. The predicted octanol–water partition coefficient (Wildman–Crippen LogP) is 4.34. The van der Waals surface area contributed by atoms with E-state index in [-0.39, 0.29) is 24.2 Å². The van der Waals surface area contributed by atoms with Gasteiger partial charge in [0.1, 0.15) is 12.4 Å². The van der Waals surface area contributed by atoms with E-state index in [1.807, 2.05) is 30.3 Å². The van der Waals surface area contributed by atoms with Crippen LogP contribution in [0.25, 0.3) is 0 Å². The molecule has 0 radical (unpaired) electrons. The first kappa shape index (κ1) is 21.5. The standard InChI is InChI=1S/C19H22F3NO5S/c20-19(21,22)29(25,26)28-16-6-8-18(9-7-16)10-12-23(13-11-18)17(24)27-14-15-4-2-1-3-5-15/h1-6H,7-14H2. The number of hydrogen-bond acceptors (Lipinski definition) is 5. The molecule has 1 aromatic rings. The van der Waals surface area contributed by atoms with Crippen LogP contribution >= 0.6 is 0 Å². The SMILES string of the molecule is O=C(OCc1ccccc1)N1CCC2(CC=C(OS(=O)(=O)C(F)(F)F)CC2)CC1. The average Bonchev–Trinajstić information content (AvgIpc) is 2.68. The van der Waals surface area contributed by atoms with Crippen molar-refractivity contribution in [3.8, 4) is 0 Å². The van der Waals surface area contributed by atoms with E-state index in [0.29, 0.717) is 38.8 Å². The zero-order valence-electron chi connectivity index (χ0n) is 15.7. The fourth-order valence-electron chi connectivity index (χ4n) is 3.62. The van der Waals surface area contributed by atoms with Crippen LogP contribution in [-0.2, 0) is 25.6 Å². The first-order valence-electron chi connectivity index (χ1n) is 9.26. The molecule has 0 saturated carbocycles. The summed E-state index contributed by atoms with van der Waals surface area (Å²) in [5.74, 6) is -0.169. The van der Waals surface area contributed by atoms with Gasteiger partial charge in [-0.05, 0) is 42.7 Å². The maximum atomic E-state index is 12.4. The summed E-state index contributed by atoms with van der Waals surface area (Å²) in [6, 6.07) is 9.34. The number of nitrogens with zero attached hydrogens (tertiary/aromatic N) is 1. The van der Waals surface area contributed by atoms with Crippen LogP contribution in [0.5, 0.6) is 0 Å². The molecule has 0 aromatic heterocycles. The van der Waals surface area contributed by atoms with Gasteiger partial charge in [-0.15, -0.1) is 0 Å². The molecule has 29 heavy (non-hydrogen) atoms. The molecule has 160 valence electrons. The number of rotatable bonds is 4. The first-order chi connectivity index (χ1) is 13.6. The van der Waals surface area contributed by atoms with Crippen LogP contribution in [0.1, 0.15) is 37.7 Å². The van der Waals surface area contributed by atoms with E-state index >= 15 is 0 Å². The van der Waals surface area contributed by atoms with Crippen LogP contribution in [0, 0.1) is 5.41 Å². The minimum Gasteiger partial charge on any atom is -0.445 e. The smallest absolute Gasteiger partial charge is 0.445 e. The van der Waals surface area contributed by atoms with Crippen molar-refractivity contribution in [1.82, 2.24) is 4.90 Å². The number of carbonyl (C=O) groups excluding carboxylic acids is 1. The van der Waals surface area contributed by atoms with Crippen LogP contribution in [0.15, 0.2) is 42.2 Å². The van der Waals surface area contributed by atoms with Crippen LogP contribution in [0.4, 0.5) is 18.0 Å². The second kappa shape index (κ2) is 8.25. The van der Waals surface area contributed by atoms with Gasteiger partial charge in [-0.3, -0.25) is 0 Å². The molecule has 0 N–H and O–H groups in total. The molecular weight excluding hydrogens is 411 g/mol. The lowest BCUT2D eigenvalue weighted by atomic mass is 9.70. The molecule has 0 bridgehead atoms. The molecule has 1 aliphatic carbocycles. The predicted molar refractivity (Wildman–Crippen MR) is 97.9 cm³/mol. The van der Waals surface area contributed by atoms with E-state index in [9.17, 15) is 26.4 Å². The Morgan fingerprint density at radius 1 is 1.10 bits per heavy atom. The van der Waals surface area contributed by atoms with Gasteiger partial charge < -0.3 is 13.8 Å². The molecule has 3 rings (SSSR count). The van der Waals surface area contributed by atoms with Gasteiger partial charge in [-0.2, -0.15) is 21.6 Å². The highest BCUT2D eigenvalue weighted by atomic mass is 32.2. The Bertz CT molecular complexity index is 860. The maximum Gasteiger partial charge on any atom is 0.534 e. The Balaban J connectivity index is 1.49. The van der Waals surface area contributed by atoms with E-state index < -0.39 is 21.7 Å². The number of amides is 1. The number of benzene rings is 1. The van der Waals surface area contributed by atoms with Crippen molar-refractivity contribution in [2.75, 3.05) is 13.1 Å². The highest BCUT2D eigenvalue weighted by Crippen LogP contribution is 2.45. The number of alkyl halides is 3. The highest BCUT2D eigenvalue weighted by molar-refractivity contribution is 7.87. The zero-order chi connectivity index (χ0) is 21.1. The van der Waals surface area contributed by atoms with Crippen molar-refractivity contribution in [3.63, 3.8) is 0 Å². The first-order valence-corrected chi connectivity index (χ1v) is 10.7. The van der Waals surface area contributed by atoms with E-state index in [2.05, 4.69) is 4.18 Å². The van der Waals surface area contributed by atoms with Gasteiger partial charge in [0, 0.05) is 19.5 Å². The summed E-state index contributed by atoms with van der Waals surface area (Å²) in [4.78, 5) is 13.9. The van der Waals surface area contributed by atoms with Gasteiger partial charge >= 0.3 is 21.7 Å². The van der Waals surface area contributed by atoms with Crippen molar-refractivity contribution in [2.45, 2.75) is 44.2 Å². The van der Waals surface area contributed by atoms with Crippen molar-refractivity contribution in [1.29, 1.82) is 0 Å². The Kier molecular flexibility index (Phi) is 6.11. The second-order valence-corrected chi connectivity index (χ2v) is 8.92. The lowest BCUT2D eigenvalue weighted by molar-refractivity contribution is -0.0526. The van der Waals surface area contributed by atoms with Crippen molar-refractivity contribution in [3.05, 3.63) is 47.7 Å². The van der Waals surface area contributed by atoms with Crippen LogP contribution in [0.2, 0.25) is 0 Å². The average molecular weight is 433 g/mol. The molecule has 1 amide bonds. The zero-order valence-corrected chi connectivity index (χ0v) is 16.5. The molecule has 1 fully saturated rings. The van der Waals surface area contributed by atoms with E-state index in [0.717, 1.165) is 5.56 Å². The number of carbonyl (C=O) groups is 1. The lowest BCUT2D eigenvalue weighted by Gasteiger charge is -2.42. The minimum atomic E-state index is -5.63. The Hall–Kier alpha value is -2.23. The quantitative estimate of drug-likeness (QED) is 0.522. The molecule has 1 heterocycles. The molecule has 1 saturated heterocycles. The summed E-state index contributed by atoms with van der Waals surface area (Å²) >= 11 is 0. The Morgan fingerprint density at radius 2 is 1.76 bits per heavy atom. The van der Waals surface area contributed by atoms with Crippen LogP contribution in [-0.4, -0.2) is 38.0 Å². The van der Waals surface area contributed by atoms with Gasteiger partial charge in [-0.1, -0.05) is 30.3 Å². The third-order valence-corrected chi connectivity index (χ3v) is 6.45. The summed E-state index contributed by atoms with van der Waals surface area (Å²) in [7, 11) is -5.63.